The van der Waals surface area contributed by atoms with Gasteiger partial charge >= 0.3 is 0 Å². The molecule has 0 aliphatic carbocycles. The summed E-state index contributed by atoms with van der Waals surface area (Å²) in [6, 6.07) is 9.46. The second-order valence-electron chi connectivity index (χ2n) is 5.52. The molecule has 0 aromatic heterocycles. The molecule has 1 aromatic carbocycles. The first-order valence-electron chi connectivity index (χ1n) is 7.59. The Balaban J connectivity index is 2.59. The van der Waals surface area contributed by atoms with Gasteiger partial charge < -0.3 is 10.1 Å². The molecule has 1 N–H and O–H groups in total. The van der Waals surface area contributed by atoms with Crippen LogP contribution in [0.5, 0.6) is 5.75 Å². The van der Waals surface area contributed by atoms with Gasteiger partial charge in [-0.2, -0.15) is 0 Å². The molecule has 0 heterocycles. The highest BCUT2D eigenvalue weighted by Crippen LogP contribution is 2.19. The van der Waals surface area contributed by atoms with E-state index in [-0.39, 0.29) is 6.10 Å². The topological polar surface area (TPSA) is 21.3 Å². The summed E-state index contributed by atoms with van der Waals surface area (Å²) in [5, 5.41) is 3.70. The second kappa shape index (κ2) is 8.21. The lowest BCUT2D eigenvalue weighted by atomic mass is 10.0. The molecule has 0 radical (unpaired) electrons. The molecule has 0 fully saturated rings. The van der Waals surface area contributed by atoms with E-state index in [4.69, 9.17) is 4.74 Å². The van der Waals surface area contributed by atoms with E-state index in [0.29, 0.717) is 12.1 Å². The van der Waals surface area contributed by atoms with E-state index in [1.807, 2.05) is 0 Å². The first-order valence-corrected chi connectivity index (χ1v) is 7.59. The van der Waals surface area contributed by atoms with E-state index in [1.165, 1.54) is 24.8 Å². The molecule has 108 valence electrons. The van der Waals surface area contributed by atoms with Gasteiger partial charge in [-0.1, -0.05) is 32.4 Å². The Hall–Kier alpha value is -1.02. The predicted octanol–water partition coefficient (Wildman–Crippen LogP) is 4.70. The van der Waals surface area contributed by atoms with Crippen LogP contribution in [-0.2, 0) is 0 Å². The van der Waals surface area contributed by atoms with Gasteiger partial charge in [0, 0.05) is 12.1 Å². The SMILES string of the molecule is CCCC(CC)NC(C)c1ccc(OC(C)C)cc1. The largest absolute Gasteiger partial charge is 0.491 e. The molecule has 1 aromatic rings. The maximum Gasteiger partial charge on any atom is 0.119 e. The Labute approximate surface area is 118 Å². The monoisotopic (exact) mass is 263 g/mol. The van der Waals surface area contributed by atoms with Crippen LogP contribution >= 0.6 is 0 Å². The minimum atomic E-state index is 0.232. The van der Waals surface area contributed by atoms with Crippen LogP contribution in [0.3, 0.4) is 0 Å². The summed E-state index contributed by atoms with van der Waals surface area (Å²) >= 11 is 0. The highest BCUT2D eigenvalue weighted by atomic mass is 16.5. The van der Waals surface area contributed by atoms with E-state index >= 15 is 0 Å². The molecule has 0 bridgehead atoms. The summed E-state index contributed by atoms with van der Waals surface area (Å²) in [5.74, 6) is 0.951. The van der Waals surface area contributed by atoms with E-state index in [0.717, 1.165) is 5.75 Å². The van der Waals surface area contributed by atoms with Crippen LogP contribution in [-0.4, -0.2) is 12.1 Å². The fraction of sp³-hybridized carbons (Fsp3) is 0.647. The lowest BCUT2D eigenvalue weighted by Crippen LogP contribution is -2.30. The van der Waals surface area contributed by atoms with Gasteiger partial charge in [0.2, 0.25) is 0 Å². The van der Waals surface area contributed by atoms with Crippen molar-refractivity contribution in [2.24, 2.45) is 0 Å². The van der Waals surface area contributed by atoms with Gasteiger partial charge in [-0.25, -0.2) is 0 Å². The average Bonchev–Trinajstić information content (AvgIpc) is 2.38. The summed E-state index contributed by atoms with van der Waals surface area (Å²) in [6.45, 7) is 10.8. The maximum absolute atomic E-state index is 5.67. The summed E-state index contributed by atoms with van der Waals surface area (Å²) in [7, 11) is 0. The van der Waals surface area contributed by atoms with Crippen LogP contribution in [0.4, 0.5) is 0 Å². The molecule has 2 heteroatoms. The smallest absolute Gasteiger partial charge is 0.119 e. The van der Waals surface area contributed by atoms with Crippen LogP contribution in [0, 0.1) is 0 Å². The fourth-order valence-corrected chi connectivity index (χ4v) is 2.31. The molecule has 0 aliphatic rings. The van der Waals surface area contributed by atoms with E-state index in [2.05, 4.69) is 64.2 Å². The minimum absolute atomic E-state index is 0.232. The zero-order chi connectivity index (χ0) is 14.3. The lowest BCUT2D eigenvalue weighted by molar-refractivity contribution is 0.242. The van der Waals surface area contributed by atoms with Gasteiger partial charge in [0.15, 0.2) is 0 Å². The molecule has 2 nitrogen and oxygen atoms in total. The van der Waals surface area contributed by atoms with Crippen LogP contribution in [0.15, 0.2) is 24.3 Å². The standard InChI is InChI=1S/C17H29NO/c1-6-8-16(7-2)18-14(5)15-9-11-17(12-10-15)19-13(3)4/h9-14,16,18H,6-8H2,1-5H3. The van der Waals surface area contributed by atoms with Gasteiger partial charge in [0.05, 0.1) is 6.10 Å². The fourth-order valence-electron chi connectivity index (χ4n) is 2.31. The van der Waals surface area contributed by atoms with Crippen molar-refractivity contribution in [3.8, 4) is 5.75 Å². The Bertz CT molecular complexity index is 345. The normalized spacial score (nSPS) is 14.4. The van der Waals surface area contributed by atoms with Crippen LogP contribution in [0.1, 0.15) is 65.5 Å². The first-order chi connectivity index (χ1) is 9.06. The first kappa shape index (κ1) is 16.0. The minimum Gasteiger partial charge on any atom is -0.491 e. The van der Waals surface area contributed by atoms with Crippen molar-refractivity contribution < 1.29 is 4.74 Å². The summed E-state index contributed by atoms with van der Waals surface area (Å²) in [5.41, 5.74) is 1.32. The van der Waals surface area contributed by atoms with Crippen LogP contribution < -0.4 is 10.1 Å². The lowest BCUT2D eigenvalue weighted by Gasteiger charge is -2.22. The average molecular weight is 263 g/mol. The molecule has 0 spiro atoms. The van der Waals surface area contributed by atoms with Crippen molar-refractivity contribution in [3.05, 3.63) is 29.8 Å². The van der Waals surface area contributed by atoms with Crippen molar-refractivity contribution in [1.82, 2.24) is 5.32 Å². The summed E-state index contributed by atoms with van der Waals surface area (Å²) < 4.78 is 5.67. The molecular weight excluding hydrogens is 234 g/mol. The van der Waals surface area contributed by atoms with Gasteiger partial charge in [0.25, 0.3) is 0 Å². The maximum atomic E-state index is 5.67. The number of rotatable bonds is 8. The van der Waals surface area contributed by atoms with E-state index in [1.54, 1.807) is 0 Å². The number of hydrogen-bond acceptors (Lipinski definition) is 2. The Morgan fingerprint density at radius 3 is 2.16 bits per heavy atom. The summed E-state index contributed by atoms with van der Waals surface area (Å²) in [4.78, 5) is 0. The second-order valence-corrected chi connectivity index (χ2v) is 5.52. The van der Waals surface area contributed by atoms with Gasteiger partial charge in [-0.3, -0.25) is 0 Å². The molecular formula is C17H29NO. The predicted molar refractivity (Wildman–Crippen MR) is 82.7 cm³/mol. The van der Waals surface area contributed by atoms with Crippen LogP contribution in [0.2, 0.25) is 0 Å². The number of ether oxygens (including phenoxy) is 1. The quantitative estimate of drug-likeness (QED) is 0.734. The van der Waals surface area contributed by atoms with Gasteiger partial charge in [-0.05, 0) is 51.3 Å². The van der Waals surface area contributed by atoms with Crippen molar-refractivity contribution in [2.75, 3.05) is 0 Å². The zero-order valence-corrected chi connectivity index (χ0v) is 13.1. The van der Waals surface area contributed by atoms with Gasteiger partial charge in [0.1, 0.15) is 5.75 Å². The molecule has 0 amide bonds. The van der Waals surface area contributed by atoms with E-state index < -0.39 is 0 Å². The van der Waals surface area contributed by atoms with E-state index in [9.17, 15) is 0 Å². The molecule has 19 heavy (non-hydrogen) atoms. The Morgan fingerprint density at radius 1 is 1.05 bits per heavy atom. The number of hydrogen-bond donors (Lipinski definition) is 1. The van der Waals surface area contributed by atoms with Crippen molar-refractivity contribution in [2.45, 2.75) is 72.1 Å². The molecule has 0 saturated carbocycles. The van der Waals surface area contributed by atoms with Crippen LogP contribution in [0.25, 0.3) is 0 Å². The molecule has 1 rings (SSSR count). The highest BCUT2D eigenvalue weighted by molar-refractivity contribution is 5.29. The van der Waals surface area contributed by atoms with Crippen molar-refractivity contribution in [1.29, 1.82) is 0 Å². The number of benzene rings is 1. The Kier molecular flexibility index (Phi) is 6.93. The Morgan fingerprint density at radius 2 is 1.68 bits per heavy atom. The molecule has 0 saturated heterocycles. The zero-order valence-electron chi connectivity index (χ0n) is 13.1. The number of nitrogens with one attached hydrogen (secondary N) is 1. The molecule has 2 atom stereocenters. The third kappa shape index (κ3) is 5.65. The third-order valence-electron chi connectivity index (χ3n) is 3.37. The van der Waals surface area contributed by atoms with Crippen molar-refractivity contribution in [3.63, 3.8) is 0 Å². The summed E-state index contributed by atoms with van der Waals surface area (Å²) in [6.07, 6.45) is 3.90. The van der Waals surface area contributed by atoms with Gasteiger partial charge in [-0.15, -0.1) is 0 Å². The van der Waals surface area contributed by atoms with Crippen molar-refractivity contribution >= 4 is 0 Å². The molecule has 0 aliphatic heterocycles. The highest BCUT2D eigenvalue weighted by Gasteiger charge is 2.11. The molecule has 2 unspecified atom stereocenters. The third-order valence-corrected chi connectivity index (χ3v) is 3.37.